The van der Waals surface area contributed by atoms with Gasteiger partial charge in [-0.25, -0.2) is 0 Å². The Morgan fingerprint density at radius 3 is 2.23 bits per heavy atom. The first-order valence-corrected chi connectivity index (χ1v) is 7.22. The monoisotopic (exact) mass is 300 g/mol. The summed E-state index contributed by atoms with van der Waals surface area (Å²) >= 11 is 0. The standard InChI is InChI=1S/C11H15NO.C7H9NO/c1-9(8-11(13)12-2)10-6-4-3-5-7-10;1-9-7-4-2-6(8)3-5-7/h3-7,9H,8H2,1-2H3,(H,12,13);2-5H,8H2,1H3. The minimum atomic E-state index is 0.0938. The van der Waals surface area contributed by atoms with Crippen LogP contribution in [0.25, 0.3) is 0 Å². The molecule has 118 valence electrons. The van der Waals surface area contributed by atoms with Crippen LogP contribution in [0, 0.1) is 0 Å². The highest BCUT2D eigenvalue weighted by molar-refractivity contribution is 5.76. The number of benzene rings is 2. The van der Waals surface area contributed by atoms with Gasteiger partial charge in [-0.2, -0.15) is 0 Å². The number of rotatable bonds is 4. The van der Waals surface area contributed by atoms with Crippen molar-refractivity contribution < 1.29 is 9.53 Å². The topological polar surface area (TPSA) is 64.3 Å². The Hall–Kier alpha value is -2.49. The van der Waals surface area contributed by atoms with E-state index < -0.39 is 0 Å². The highest BCUT2D eigenvalue weighted by Gasteiger charge is 2.08. The van der Waals surface area contributed by atoms with Crippen LogP contribution in [0.3, 0.4) is 0 Å². The predicted molar refractivity (Wildman–Crippen MR) is 90.9 cm³/mol. The van der Waals surface area contributed by atoms with E-state index >= 15 is 0 Å². The molecule has 0 spiro atoms. The van der Waals surface area contributed by atoms with Crippen LogP contribution in [0.5, 0.6) is 5.75 Å². The summed E-state index contributed by atoms with van der Waals surface area (Å²) < 4.78 is 4.91. The molecule has 0 aliphatic carbocycles. The van der Waals surface area contributed by atoms with Crippen LogP contribution in [0.1, 0.15) is 24.8 Å². The van der Waals surface area contributed by atoms with E-state index in [1.54, 1.807) is 26.3 Å². The fourth-order valence-electron chi connectivity index (χ4n) is 1.88. The number of amides is 1. The van der Waals surface area contributed by atoms with Crippen LogP contribution in [0.2, 0.25) is 0 Å². The van der Waals surface area contributed by atoms with E-state index in [0.29, 0.717) is 12.3 Å². The van der Waals surface area contributed by atoms with Crippen LogP contribution in [0.15, 0.2) is 54.6 Å². The third-order valence-electron chi connectivity index (χ3n) is 3.25. The Bertz CT molecular complexity index is 553. The van der Waals surface area contributed by atoms with E-state index in [2.05, 4.69) is 12.2 Å². The summed E-state index contributed by atoms with van der Waals surface area (Å²) in [7, 11) is 3.30. The number of carbonyl (C=O) groups is 1. The third-order valence-corrected chi connectivity index (χ3v) is 3.25. The molecule has 0 saturated carbocycles. The van der Waals surface area contributed by atoms with Gasteiger partial charge in [-0.3, -0.25) is 4.79 Å². The molecule has 22 heavy (non-hydrogen) atoms. The smallest absolute Gasteiger partial charge is 0.220 e. The van der Waals surface area contributed by atoms with Crippen molar-refractivity contribution in [2.45, 2.75) is 19.3 Å². The van der Waals surface area contributed by atoms with Crippen LogP contribution < -0.4 is 15.8 Å². The summed E-state index contributed by atoms with van der Waals surface area (Å²) in [4.78, 5) is 11.1. The molecule has 4 heteroatoms. The van der Waals surface area contributed by atoms with E-state index in [1.807, 2.05) is 42.5 Å². The number of anilines is 1. The summed E-state index contributed by atoms with van der Waals surface area (Å²) in [5, 5.41) is 2.63. The van der Waals surface area contributed by atoms with Crippen molar-refractivity contribution in [2.24, 2.45) is 0 Å². The number of methoxy groups -OCH3 is 1. The Kier molecular flexibility index (Phi) is 7.54. The molecular formula is C18H24N2O2. The second-order valence-corrected chi connectivity index (χ2v) is 4.96. The molecule has 0 bridgehead atoms. The van der Waals surface area contributed by atoms with Gasteiger partial charge in [0, 0.05) is 19.2 Å². The summed E-state index contributed by atoms with van der Waals surface area (Å²) in [6, 6.07) is 17.3. The molecule has 0 radical (unpaired) electrons. The van der Waals surface area contributed by atoms with E-state index in [0.717, 1.165) is 11.4 Å². The first-order valence-electron chi connectivity index (χ1n) is 7.22. The fraction of sp³-hybridized carbons (Fsp3) is 0.278. The van der Waals surface area contributed by atoms with E-state index in [9.17, 15) is 4.79 Å². The van der Waals surface area contributed by atoms with Gasteiger partial charge in [0.25, 0.3) is 0 Å². The molecule has 4 nitrogen and oxygen atoms in total. The zero-order valence-electron chi connectivity index (χ0n) is 13.4. The van der Waals surface area contributed by atoms with Crippen molar-refractivity contribution in [3.8, 4) is 5.75 Å². The first kappa shape index (κ1) is 17.6. The molecule has 2 aromatic rings. The molecule has 0 aromatic heterocycles. The van der Waals surface area contributed by atoms with E-state index in [-0.39, 0.29) is 5.91 Å². The maximum atomic E-state index is 11.1. The average molecular weight is 300 g/mol. The number of carbonyl (C=O) groups excluding carboxylic acids is 1. The Morgan fingerprint density at radius 1 is 1.14 bits per heavy atom. The molecule has 1 amide bonds. The average Bonchev–Trinajstić information content (AvgIpc) is 2.57. The Morgan fingerprint density at radius 2 is 1.73 bits per heavy atom. The number of ether oxygens (including phenoxy) is 1. The molecule has 0 saturated heterocycles. The van der Waals surface area contributed by atoms with Gasteiger partial charge in [-0.05, 0) is 35.7 Å². The number of nitrogens with two attached hydrogens (primary N) is 1. The van der Waals surface area contributed by atoms with E-state index in [1.165, 1.54) is 5.56 Å². The molecule has 0 aliphatic heterocycles. The van der Waals surface area contributed by atoms with Crippen molar-refractivity contribution in [1.29, 1.82) is 0 Å². The van der Waals surface area contributed by atoms with E-state index in [4.69, 9.17) is 10.5 Å². The third kappa shape index (κ3) is 6.31. The lowest BCUT2D eigenvalue weighted by molar-refractivity contribution is -0.120. The molecule has 1 atom stereocenters. The van der Waals surface area contributed by atoms with Crippen LogP contribution in [0.4, 0.5) is 5.69 Å². The summed E-state index contributed by atoms with van der Waals surface area (Å²) in [5.41, 5.74) is 7.40. The van der Waals surface area contributed by atoms with Crippen LogP contribution in [-0.2, 0) is 4.79 Å². The molecular weight excluding hydrogens is 276 g/mol. The molecule has 2 rings (SSSR count). The second kappa shape index (κ2) is 9.45. The lowest BCUT2D eigenvalue weighted by Gasteiger charge is -2.09. The van der Waals surface area contributed by atoms with Gasteiger partial charge in [0.05, 0.1) is 7.11 Å². The SMILES string of the molecule is CNC(=O)CC(C)c1ccccc1.COc1ccc(N)cc1. The maximum Gasteiger partial charge on any atom is 0.220 e. The van der Waals surface area contributed by atoms with Gasteiger partial charge in [-0.15, -0.1) is 0 Å². The number of hydrogen-bond acceptors (Lipinski definition) is 3. The number of hydrogen-bond donors (Lipinski definition) is 2. The zero-order chi connectivity index (χ0) is 16.4. The molecule has 1 unspecified atom stereocenters. The largest absolute Gasteiger partial charge is 0.497 e. The van der Waals surface area contributed by atoms with Gasteiger partial charge in [0.15, 0.2) is 0 Å². The quantitative estimate of drug-likeness (QED) is 0.852. The van der Waals surface area contributed by atoms with Crippen molar-refractivity contribution in [3.05, 3.63) is 60.2 Å². The van der Waals surface area contributed by atoms with Gasteiger partial charge in [0.1, 0.15) is 5.75 Å². The summed E-state index contributed by atoms with van der Waals surface area (Å²) in [5.74, 6) is 1.22. The fourth-order valence-corrected chi connectivity index (χ4v) is 1.88. The molecule has 0 fully saturated rings. The maximum absolute atomic E-state index is 11.1. The molecule has 0 aliphatic rings. The van der Waals surface area contributed by atoms with Crippen molar-refractivity contribution in [3.63, 3.8) is 0 Å². The van der Waals surface area contributed by atoms with Crippen molar-refractivity contribution in [2.75, 3.05) is 19.9 Å². The Balaban J connectivity index is 0.000000235. The number of nitrogen functional groups attached to an aromatic ring is 1. The highest BCUT2D eigenvalue weighted by atomic mass is 16.5. The summed E-state index contributed by atoms with van der Waals surface area (Å²) in [6.07, 6.45) is 0.556. The second-order valence-electron chi connectivity index (χ2n) is 4.96. The van der Waals surface area contributed by atoms with Crippen LogP contribution in [-0.4, -0.2) is 20.1 Å². The lowest BCUT2D eigenvalue weighted by atomic mass is 9.98. The van der Waals surface area contributed by atoms with Crippen molar-refractivity contribution >= 4 is 11.6 Å². The lowest BCUT2D eigenvalue weighted by Crippen LogP contribution is -2.19. The number of nitrogens with one attached hydrogen (secondary N) is 1. The van der Waals surface area contributed by atoms with Gasteiger partial charge in [-0.1, -0.05) is 37.3 Å². The molecule has 0 heterocycles. The van der Waals surface area contributed by atoms with Gasteiger partial charge < -0.3 is 15.8 Å². The normalized spacial score (nSPS) is 10.9. The zero-order valence-corrected chi connectivity index (χ0v) is 13.4. The van der Waals surface area contributed by atoms with Crippen molar-refractivity contribution in [1.82, 2.24) is 5.32 Å². The van der Waals surface area contributed by atoms with Gasteiger partial charge in [0.2, 0.25) is 5.91 Å². The summed E-state index contributed by atoms with van der Waals surface area (Å²) in [6.45, 7) is 2.06. The molecule has 2 aromatic carbocycles. The minimum Gasteiger partial charge on any atom is -0.497 e. The van der Waals surface area contributed by atoms with Crippen LogP contribution >= 0.6 is 0 Å². The molecule has 3 N–H and O–H groups in total. The Labute approximate surface area is 132 Å². The predicted octanol–water partition coefficient (Wildman–Crippen LogP) is 3.20. The highest BCUT2D eigenvalue weighted by Crippen LogP contribution is 2.17. The minimum absolute atomic E-state index is 0.0938. The first-order chi connectivity index (χ1) is 10.6. The van der Waals surface area contributed by atoms with Gasteiger partial charge >= 0.3 is 0 Å².